The fraction of sp³-hybridized carbons (Fsp3) is 0.0625. The van der Waals surface area contributed by atoms with Crippen LogP contribution in [0.4, 0.5) is 5.69 Å². The Kier molecular flexibility index (Phi) is 3.18. The number of nitrogens with zero attached hydrogens (tertiary/aromatic N) is 3. The van der Waals surface area contributed by atoms with Gasteiger partial charge in [-0.3, -0.25) is 4.79 Å². The first-order chi connectivity index (χ1) is 10.2. The molecule has 0 heterocycles. The Bertz CT molecular complexity index is 991. The van der Waals surface area contributed by atoms with E-state index in [1.807, 2.05) is 6.07 Å². The molecule has 0 fully saturated rings. The number of hydrogen-bond acceptors (Lipinski definition) is 3. The molecule has 0 unspecified atom stereocenters. The number of methoxy groups -OCH3 is 1. The number of hydrogen-bond donors (Lipinski definition) is 0. The van der Waals surface area contributed by atoms with Crippen LogP contribution in [0.1, 0.15) is 0 Å². The van der Waals surface area contributed by atoms with E-state index in [0.717, 1.165) is 5.75 Å². The molecule has 3 aromatic carbocycles. The summed E-state index contributed by atoms with van der Waals surface area (Å²) in [6, 6.07) is 14.2. The van der Waals surface area contributed by atoms with Crippen molar-refractivity contribution < 1.29 is 9.53 Å². The SMILES string of the molecule is COc1ccc(N=c2c(=[N+]=[N-])c(=O)c3ccccc23)cc1. The summed E-state index contributed by atoms with van der Waals surface area (Å²) in [4.78, 5) is 19.7. The minimum absolute atomic E-state index is 0.0352. The lowest BCUT2D eigenvalue weighted by molar-refractivity contribution is -0.0677. The van der Waals surface area contributed by atoms with Crippen LogP contribution in [-0.4, -0.2) is 11.9 Å². The predicted octanol–water partition coefficient (Wildman–Crippen LogP) is 1.45. The summed E-state index contributed by atoms with van der Waals surface area (Å²) in [5, 5.41) is 1.51. The first kappa shape index (κ1) is 13.0. The van der Waals surface area contributed by atoms with Crippen molar-refractivity contribution in [3.63, 3.8) is 0 Å². The Labute approximate surface area is 119 Å². The Balaban J connectivity index is 2.36. The van der Waals surface area contributed by atoms with Gasteiger partial charge in [0.15, 0.2) is 5.36 Å². The van der Waals surface area contributed by atoms with Crippen molar-refractivity contribution in [3.05, 3.63) is 75.0 Å². The zero-order valence-electron chi connectivity index (χ0n) is 11.3. The quantitative estimate of drug-likeness (QED) is 0.525. The van der Waals surface area contributed by atoms with E-state index in [2.05, 4.69) is 9.78 Å². The molecular formula is C16H11N3O2. The monoisotopic (exact) mass is 277 g/mol. The van der Waals surface area contributed by atoms with Crippen LogP contribution in [0.2, 0.25) is 0 Å². The van der Waals surface area contributed by atoms with Crippen LogP contribution < -0.4 is 20.9 Å². The second-order valence-corrected chi connectivity index (χ2v) is 4.48. The molecule has 0 atom stereocenters. The standard InChI is InChI=1S/C16H11N3O2/c1-21-11-8-6-10(7-9-11)18-14-12-4-2-3-5-13(12)16(20)15(14)19-17/h2-9H,1H3. The fourth-order valence-corrected chi connectivity index (χ4v) is 2.24. The molecule has 3 aromatic rings. The first-order valence-corrected chi connectivity index (χ1v) is 6.34. The Morgan fingerprint density at radius 3 is 2.33 bits per heavy atom. The van der Waals surface area contributed by atoms with Gasteiger partial charge in [-0.25, -0.2) is 4.99 Å². The van der Waals surface area contributed by atoms with Gasteiger partial charge in [-0.1, -0.05) is 24.3 Å². The average Bonchev–Trinajstić information content (AvgIpc) is 2.80. The highest BCUT2D eigenvalue weighted by Crippen LogP contribution is 2.17. The van der Waals surface area contributed by atoms with E-state index in [1.54, 1.807) is 49.6 Å². The van der Waals surface area contributed by atoms with E-state index >= 15 is 0 Å². The maximum atomic E-state index is 12.1. The topological polar surface area (TPSA) is 75.1 Å². The summed E-state index contributed by atoms with van der Waals surface area (Å²) in [6.45, 7) is 0. The van der Waals surface area contributed by atoms with Gasteiger partial charge in [0.25, 0.3) is 5.43 Å². The van der Waals surface area contributed by atoms with Crippen LogP contribution >= 0.6 is 0 Å². The molecule has 0 aromatic heterocycles. The molecule has 0 bridgehead atoms. The maximum Gasteiger partial charge on any atom is 0.388 e. The summed E-state index contributed by atoms with van der Waals surface area (Å²) in [5.74, 6) is 0.720. The second kappa shape index (κ2) is 5.15. The summed E-state index contributed by atoms with van der Waals surface area (Å²) in [6.07, 6.45) is 0. The minimum Gasteiger partial charge on any atom is -0.497 e. The van der Waals surface area contributed by atoms with E-state index < -0.39 is 0 Å². The van der Waals surface area contributed by atoms with Gasteiger partial charge in [0.2, 0.25) is 0 Å². The first-order valence-electron chi connectivity index (χ1n) is 6.34. The van der Waals surface area contributed by atoms with E-state index in [4.69, 9.17) is 10.3 Å². The van der Waals surface area contributed by atoms with Crippen molar-refractivity contribution in [1.82, 2.24) is 0 Å². The summed E-state index contributed by atoms with van der Waals surface area (Å²) in [7, 11) is 1.59. The van der Waals surface area contributed by atoms with Gasteiger partial charge in [0.1, 0.15) is 5.75 Å². The minimum atomic E-state index is -0.319. The Morgan fingerprint density at radius 1 is 1.05 bits per heavy atom. The molecule has 0 spiro atoms. The van der Waals surface area contributed by atoms with E-state index in [9.17, 15) is 4.79 Å². The normalized spacial score (nSPS) is 11.6. The number of ether oxygens (including phenoxy) is 1. The van der Waals surface area contributed by atoms with Crippen LogP contribution in [-0.2, 0) is 0 Å². The molecule has 0 saturated heterocycles. The predicted molar refractivity (Wildman–Crippen MR) is 77.6 cm³/mol. The molecule has 3 rings (SSSR count). The molecule has 0 aliphatic heterocycles. The van der Waals surface area contributed by atoms with Crippen molar-refractivity contribution in [2.45, 2.75) is 0 Å². The molecule has 0 aliphatic rings. The Morgan fingerprint density at radius 2 is 1.71 bits per heavy atom. The van der Waals surface area contributed by atoms with Gasteiger partial charge in [-0.05, 0) is 24.3 Å². The fourth-order valence-electron chi connectivity index (χ4n) is 2.24. The number of rotatable bonds is 2. The molecular weight excluding hydrogens is 266 g/mol. The molecule has 5 nitrogen and oxygen atoms in total. The van der Waals surface area contributed by atoms with Crippen LogP contribution in [0.15, 0.2) is 58.3 Å². The van der Waals surface area contributed by atoms with Gasteiger partial charge >= 0.3 is 5.36 Å². The molecule has 0 aliphatic carbocycles. The van der Waals surface area contributed by atoms with E-state index in [0.29, 0.717) is 21.8 Å². The Hall–Kier alpha value is -3.04. The molecule has 102 valence electrons. The van der Waals surface area contributed by atoms with Crippen molar-refractivity contribution in [1.29, 1.82) is 0 Å². The van der Waals surface area contributed by atoms with Gasteiger partial charge in [0.05, 0.1) is 12.8 Å². The molecule has 0 radical (unpaired) electrons. The van der Waals surface area contributed by atoms with Gasteiger partial charge < -0.3 is 10.3 Å². The zero-order valence-corrected chi connectivity index (χ0v) is 11.3. The molecule has 0 saturated carbocycles. The summed E-state index contributed by atoms with van der Waals surface area (Å²) >= 11 is 0. The number of benzene rings is 2. The largest absolute Gasteiger partial charge is 0.497 e. The zero-order chi connectivity index (χ0) is 14.8. The molecule has 0 amide bonds. The van der Waals surface area contributed by atoms with Crippen LogP contribution in [0, 0.1) is 0 Å². The lowest BCUT2D eigenvalue weighted by Gasteiger charge is -1.98. The third kappa shape index (κ3) is 2.16. The van der Waals surface area contributed by atoms with Crippen LogP contribution in [0.3, 0.4) is 0 Å². The van der Waals surface area contributed by atoms with Crippen molar-refractivity contribution in [2.24, 2.45) is 4.99 Å². The average molecular weight is 277 g/mol. The smallest absolute Gasteiger partial charge is 0.388 e. The molecule has 0 N–H and O–H groups in total. The van der Waals surface area contributed by atoms with Crippen molar-refractivity contribution in [3.8, 4) is 5.75 Å². The van der Waals surface area contributed by atoms with E-state index in [-0.39, 0.29) is 10.8 Å². The lowest BCUT2D eigenvalue weighted by atomic mass is 10.2. The molecule has 21 heavy (non-hydrogen) atoms. The summed E-state index contributed by atoms with van der Waals surface area (Å²) < 4.78 is 5.09. The van der Waals surface area contributed by atoms with Gasteiger partial charge in [0, 0.05) is 10.8 Å². The lowest BCUT2D eigenvalue weighted by Crippen LogP contribution is -2.33. The van der Waals surface area contributed by atoms with Crippen molar-refractivity contribution >= 4 is 16.5 Å². The van der Waals surface area contributed by atoms with Crippen LogP contribution in [0.5, 0.6) is 5.75 Å². The third-order valence-electron chi connectivity index (χ3n) is 3.28. The highest BCUT2D eigenvalue weighted by molar-refractivity contribution is 5.83. The van der Waals surface area contributed by atoms with E-state index in [1.165, 1.54) is 0 Å². The van der Waals surface area contributed by atoms with Crippen molar-refractivity contribution in [2.75, 3.05) is 7.11 Å². The molecule has 5 heteroatoms. The second-order valence-electron chi connectivity index (χ2n) is 4.48. The third-order valence-corrected chi connectivity index (χ3v) is 3.28. The van der Waals surface area contributed by atoms with Crippen LogP contribution in [0.25, 0.3) is 16.3 Å². The van der Waals surface area contributed by atoms with Gasteiger partial charge in [-0.15, -0.1) is 0 Å². The number of fused-ring (bicyclic) bond motifs is 1. The highest BCUT2D eigenvalue weighted by Gasteiger charge is 2.14. The van der Waals surface area contributed by atoms with Gasteiger partial charge in [-0.2, -0.15) is 4.79 Å². The maximum absolute atomic E-state index is 12.1. The highest BCUT2D eigenvalue weighted by atomic mass is 16.5. The summed E-state index contributed by atoms with van der Waals surface area (Å²) in [5.41, 5.74) is 9.44.